The number of ether oxygens (including phenoxy) is 4. The van der Waals surface area contributed by atoms with E-state index in [9.17, 15) is 0 Å². The first-order valence-corrected chi connectivity index (χ1v) is 10.5. The number of hydrogen-bond acceptors (Lipinski definition) is 6. The normalized spacial score (nSPS) is 47.1. The van der Waals surface area contributed by atoms with Gasteiger partial charge in [-0.2, -0.15) is 0 Å². The first kappa shape index (κ1) is 18.7. The summed E-state index contributed by atoms with van der Waals surface area (Å²) in [5.41, 5.74) is -0.549. The summed E-state index contributed by atoms with van der Waals surface area (Å²) < 4.78 is 24.3. The van der Waals surface area contributed by atoms with Gasteiger partial charge < -0.3 is 18.9 Å². The molecule has 1 spiro atoms. The van der Waals surface area contributed by atoms with Crippen molar-refractivity contribution in [3.63, 3.8) is 0 Å². The molecule has 5 fully saturated rings. The average molecular weight is 390 g/mol. The highest BCUT2D eigenvalue weighted by Gasteiger charge is 2.69. The Labute approximate surface area is 166 Å². The zero-order chi connectivity index (χ0) is 19.5. The molecule has 4 aliphatic heterocycles. The van der Waals surface area contributed by atoms with E-state index in [2.05, 4.69) is 13.8 Å². The number of fused-ring (bicyclic) bond motifs is 2. The maximum atomic E-state index is 6.44. The average Bonchev–Trinajstić information content (AvgIpc) is 2.92. The minimum Gasteiger partial charge on any atom is -0.497 e. The van der Waals surface area contributed by atoms with Crippen LogP contribution in [0.1, 0.15) is 46.5 Å². The van der Waals surface area contributed by atoms with E-state index in [1.807, 2.05) is 31.2 Å². The van der Waals surface area contributed by atoms with Crippen LogP contribution in [0.3, 0.4) is 0 Å². The smallest absolute Gasteiger partial charge is 0.205 e. The van der Waals surface area contributed by atoms with Crippen LogP contribution in [0.5, 0.6) is 11.5 Å². The number of rotatable bonds is 3. The summed E-state index contributed by atoms with van der Waals surface area (Å²) in [5, 5.41) is 0. The fourth-order valence-corrected chi connectivity index (χ4v) is 5.80. The van der Waals surface area contributed by atoms with E-state index in [0.717, 1.165) is 30.8 Å². The van der Waals surface area contributed by atoms with Crippen LogP contribution in [0.2, 0.25) is 0 Å². The first-order valence-electron chi connectivity index (χ1n) is 10.5. The summed E-state index contributed by atoms with van der Waals surface area (Å²) in [7, 11) is 1.66. The quantitative estimate of drug-likeness (QED) is 0.718. The first-order chi connectivity index (χ1) is 13.4. The molecule has 0 N–H and O–H groups in total. The molecule has 1 saturated carbocycles. The molecule has 2 bridgehead atoms. The molecule has 1 aromatic carbocycles. The van der Waals surface area contributed by atoms with Crippen LogP contribution in [-0.2, 0) is 19.2 Å². The Morgan fingerprint density at radius 3 is 2.46 bits per heavy atom. The third-order valence-corrected chi connectivity index (χ3v) is 7.41. The standard InChI is InChI=1S/C22H30O6/c1-13-5-10-18-14(2)19(24-16-8-6-15(23-4)7-9-16)25-20-22(18)17(13)11-12-21(3,26-20)27-28-22/h6-9,13-14,17-20H,5,10-12H2,1-4H3/t13-,14-,17+,18+,19+,20-,21-,22-/m1/s1. The topological polar surface area (TPSA) is 55.4 Å². The highest BCUT2D eigenvalue weighted by Crippen LogP contribution is 2.60. The lowest BCUT2D eigenvalue weighted by molar-refractivity contribution is -0.575. The highest BCUT2D eigenvalue weighted by atomic mass is 17.3. The third-order valence-electron chi connectivity index (χ3n) is 7.41. The molecule has 8 atom stereocenters. The predicted molar refractivity (Wildman–Crippen MR) is 100 cm³/mol. The van der Waals surface area contributed by atoms with Crippen LogP contribution in [-0.4, -0.2) is 31.1 Å². The lowest BCUT2D eigenvalue weighted by Crippen LogP contribution is -2.70. The van der Waals surface area contributed by atoms with Gasteiger partial charge in [0.15, 0.2) is 11.9 Å². The van der Waals surface area contributed by atoms with Crippen molar-refractivity contribution in [2.24, 2.45) is 23.7 Å². The minimum atomic E-state index is -0.761. The fraction of sp³-hybridized carbons (Fsp3) is 0.727. The molecule has 0 radical (unpaired) electrons. The number of methoxy groups -OCH3 is 1. The monoisotopic (exact) mass is 390 g/mol. The molecular weight excluding hydrogens is 360 g/mol. The molecule has 5 aliphatic rings. The van der Waals surface area contributed by atoms with Crippen molar-refractivity contribution in [2.45, 2.75) is 70.4 Å². The van der Waals surface area contributed by atoms with E-state index in [0.29, 0.717) is 11.8 Å². The van der Waals surface area contributed by atoms with Crippen molar-refractivity contribution < 1.29 is 28.7 Å². The van der Waals surface area contributed by atoms with Gasteiger partial charge in [0.05, 0.1) is 7.11 Å². The van der Waals surface area contributed by atoms with Gasteiger partial charge in [-0.25, -0.2) is 9.78 Å². The van der Waals surface area contributed by atoms with Crippen molar-refractivity contribution in [3.05, 3.63) is 24.3 Å². The summed E-state index contributed by atoms with van der Waals surface area (Å²) in [6.07, 6.45) is 3.22. The third kappa shape index (κ3) is 2.69. The molecular formula is C22H30O6. The van der Waals surface area contributed by atoms with Crippen LogP contribution in [0.25, 0.3) is 0 Å². The number of hydrogen-bond donors (Lipinski definition) is 0. The van der Waals surface area contributed by atoms with Crippen LogP contribution < -0.4 is 9.47 Å². The van der Waals surface area contributed by atoms with Crippen molar-refractivity contribution in [2.75, 3.05) is 7.11 Å². The highest BCUT2D eigenvalue weighted by molar-refractivity contribution is 5.31. The molecule has 0 unspecified atom stereocenters. The van der Waals surface area contributed by atoms with E-state index in [1.54, 1.807) is 7.11 Å². The molecule has 28 heavy (non-hydrogen) atoms. The summed E-state index contributed by atoms with van der Waals surface area (Å²) in [5.74, 6) is 2.14. The summed E-state index contributed by atoms with van der Waals surface area (Å²) in [6, 6.07) is 7.60. The second-order valence-electron chi connectivity index (χ2n) is 9.07. The second-order valence-corrected chi connectivity index (χ2v) is 9.07. The van der Waals surface area contributed by atoms with Gasteiger partial charge in [-0.3, -0.25) is 0 Å². The van der Waals surface area contributed by atoms with Crippen LogP contribution in [0.15, 0.2) is 24.3 Å². The van der Waals surface area contributed by atoms with E-state index in [4.69, 9.17) is 28.7 Å². The molecule has 4 heterocycles. The van der Waals surface area contributed by atoms with E-state index in [-0.39, 0.29) is 11.8 Å². The Balaban J connectivity index is 1.46. The molecule has 6 rings (SSSR count). The Bertz CT molecular complexity index is 722. The molecule has 1 aromatic rings. The molecule has 0 amide bonds. The number of benzene rings is 1. The Hall–Kier alpha value is -1.34. The lowest BCUT2D eigenvalue weighted by atomic mass is 9.58. The minimum absolute atomic E-state index is 0.156. The molecule has 154 valence electrons. The van der Waals surface area contributed by atoms with E-state index >= 15 is 0 Å². The van der Waals surface area contributed by atoms with Crippen molar-refractivity contribution in [1.82, 2.24) is 0 Å². The van der Waals surface area contributed by atoms with E-state index < -0.39 is 24.0 Å². The van der Waals surface area contributed by atoms with Gasteiger partial charge in [0.2, 0.25) is 12.1 Å². The largest absolute Gasteiger partial charge is 0.497 e. The Kier molecular flexibility index (Phi) is 4.40. The van der Waals surface area contributed by atoms with Gasteiger partial charge in [0.25, 0.3) is 0 Å². The zero-order valence-electron chi connectivity index (χ0n) is 17.1. The summed E-state index contributed by atoms with van der Waals surface area (Å²) in [4.78, 5) is 12.0. The SMILES string of the molecule is COc1ccc(O[C@H]2O[C@@H]3O[C@@]4(C)CC[C@H]5[C@H](C)CC[C@@H]([C@H]2C)[C@@]35OO4)cc1. The van der Waals surface area contributed by atoms with E-state index in [1.165, 1.54) is 6.42 Å². The van der Waals surface area contributed by atoms with Gasteiger partial charge in [-0.15, -0.1) is 0 Å². The van der Waals surface area contributed by atoms with Gasteiger partial charge in [0, 0.05) is 18.3 Å². The molecule has 6 heteroatoms. The molecule has 0 aromatic heterocycles. The van der Waals surface area contributed by atoms with Gasteiger partial charge in [0.1, 0.15) is 11.5 Å². The maximum absolute atomic E-state index is 6.44. The van der Waals surface area contributed by atoms with Gasteiger partial charge in [-0.05, 0) is 62.3 Å². The Morgan fingerprint density at radius 1 is 0.964 bits per heavy atom. The predicted octanol–water partition coefficient (Wildman–Crippen LogP) is 4.28. The van der Waals surface area contributed by atoms with Crippen molar-refractivity contribution in [3.8, 4) is 11.5 Å². The fourth-order valence-electron chi connectivity index (χ4n) is 5.80. The van der Waals surface area contributed by atoms with Crippen LogP contribution in [0.4, 0.5) is 0 Å². The summed E-state index contributed by atoms with van der Waals surface area (Å²) in [6.45, 7) is 6.46. The molecule has 4 saturated heterocycles. The molecule has 1 aliphatic carbocycles. The Morgan fingerprint density at radius 2 is 1.71 bits per heavy atom. The maximum Gasteiger partial charge on any atom is 0.205 e. The van der Waals surface area contributed by atoms with Gasteiger partial charge in [-0.1, -0.05) is 13.8 Å². The van der Waals surface area contributed by atoms with Crippen LogP contribution >= 0.6 is 0 Å². The second kappa shape index (κ2) is 6.59. The zero-order valence-corrected chi connectivity index (χ0v) is 17.1. The van der Waals surface area contributed by atoms with Crippen LogP contribution in [0, 0.1) is 23.7 Å². The summed E-state index contributed by atoms with van der Waals surface area (Å²) >= 11 is 0. The lowest BCUT2D eigenvalue weighted by Gasteiger charge is -2.60. The van der Waals surface area contributed by atoms with Crippen molar-refractivity contribution in [1.29, 1.82) is 0 Å². The van der Waals surface area contributed by atoms with Gasteiger partial charge >= 0.3 is 0 Å². The van der Waals surface area contributed by atoms with Crippen molar-refractivity contribution >= 4 is 0 Å². The molecule has 6 nitrogen and oxygen atoms in total.